The summed E-state index contributed by atoms with van der Waals surface area (Å²) in [7, 11) is 0. The number of hydrogen-bond acceptors (Lipinski definition) is 5. The Morgan fingerprint density at radius 1 is 1.40 bits per heavy atom. The van der Waals surface area contributed by atoms with Gasteiger partial charge in [-0.05, 0) is 25.5 Å². The molecule has 6 heteroatoms. The van der Waals surface area contributed by atoms with Crippen molar-refractivity contribution in [3.63, 3.8) is 0 Å². The lowest BCUT2D eigenvalue weighted by atomic mass is 10.1. The van der Waals surface area contributed by atoms with Crippen molar-refractivity contribution in [3.8, 4) is 0 Å². The zero-order valence-corrected chi connectivity index (χ0v) is 9.50. The number of carbonyl (C=O) groups excluding carboxylic acids is 1. The third kappa shape index (κ3) is 7.35. The number of hydrogen-bond donors (Lipinski definition) is 3. The maximum absolute atomic E-state index is 10.6. The topological polar surface area (TPSA) is 101 Å². The van der Waals surface area contributed by atoms with E-state index in [1.807, 2.05) is 0 Å². The van der Waals surface area contributed by atoms with E-state index in [0.717, 1.165) is 18.2 Å². The van der Waals surface area contributed by atoms with Gasteiger partial charge >= 0.3 is 5.97 Å². The highest BCUT2D eigenvalue weighted by Crippen LogP contribution is 2.12. The van der Waals surface area contributed by atoms with Gasteiger partial charge in [-0.3, -0.25) is 9.59 Å². The van der Waals surface area contributed by atoms with E-state index in [9.17, 15) is 9.59 Å². The normalized spacial score (nSPS) is 14.6. The van der Waals surface area contributed by atoms with Gasteiger partial charge in [0, 0.05) is 0 Å². The first kappa shape index (κ1) is 14.4. The molecule has 2 atom stereocenters. The monoisotopic (exact) mass is 235 g/mol. The third-order valence-electron chi connectivity index (χ3n) is 1.85. The molecule has 0 aliphatic heterocycles. The summed E-state index contributed by atoms with van der Waals surface area (Å²) in [6.45, 7) is 1.33. The molecule has 0 aromatic rings. The maximum Gasteiger partial charge on any atom is 0.320 e. The van der Waals surface area contributed by atoms with E-state index >= 15 is 0 Å². The van der Waals surface area contributed by atoms with Crippen LogP contribution in [0.15, 0.2) is 0 Å². The van der Waals surface area contributed by atoms with Crippen LogP contribution in [0, 0.1) is 0 Å². The maximum atomic E-state index is 10.6. The Kier molecular flexibility index (Phi) is 7.37. The molecule has 4 N–H and O–H groups in total. The highest BCUT2D eigenvalue weighted by atomic mass is 32.2. The predicted molar refractivity (Wildman–Crippen MR) is 58.6 cm³/mol. The van der Waals surface area contributed by atoms with Gasteiger partial charge in [0.2, 0.25) is 0 Å². The van der Waals surface area contributed by atoms with Crippen molar-refractivity contribution in [2.45, 2.75) is 37.7 Å². The summed E-state index contributed by atoms with van der Waals surface area (Å²) >= 11 is 1.16. The van der Waals surface area contributed by atoms with Gasteiger partial charge in [-0.1, -0.05) is 6.42 Å². The molecule has 0 aromatic carbocycles. The molecule has 0 heterocycles. The van der Waals surface area contributed by atoms with Crippen LogP contribution in [0.25, 0.3) is 0 Å². The van der Waals surface area contributed by atoms with E-state index in [1.54, 1.807) is 0 Å². The van der Waals surface area contributed by atoms with E-state index in [-0.39, 0.29) is 5.78 Å². The van der Waals surface area contributed by atoms with Crippen LogP contribution in [0.4, 0.5) is 0 Å². The van der Waals surface area contributed by atoms with Gasteiger partial charge in [-0.2, -0.15) is 0 Å². The summed E-state index contributed by atoms with van der Waals surface area (Å²) in [5, 5.41) is 17.6. The molecule has 0 radical (unpaired) electrons. The number of nitrogens with two attached hydrogens (primary N) is 1. The van der Waals surface area contributed by atoms with Crippen molar-refractivity contribution >= 4 is 23.5 Å². The van der Waals surface area contributed by atoms with Gasteiger partial charge in [-0.15, -0.1) is 11.8 Å². The van der Waals surface area contributed by atoms with Crippen LogP contribution in [-0.2, 0) is 9.59 Å². The minimum atomic E-state index is -0.994. The molecule has 0 aromatic heterocycles. The fourth-order valence-electron chi connectivity index (χ4n) is 0.902. The van der Waals surface area contributed by atoms with Crippen LogP contribution in [0.3, 0.4) is 0 Å². The predicted octanol–water partition coefficient (Wildman–Crippen LogP) is 0.209. The van der Waals surface area contributed by atoms with Crippen molar-refractivity contribution in [2.24, 2.45) is 5.73 Å². The molecule has 0 amide bonds. The lowest BCUT2D eigenvalue weighted by Gasteiger charge is -2.07. The summed E-state index contributed by atoms with van der Waals surface area (Å²) in [5.41, 5.74) is 4.34. The summed E-state index contributed by atoms with van der Waals surface area (Å²) in [6, 6.07) is -0.812. The van der Waals surface area contributed by atoms with Crippen LogP contribution in [0.1, 0.15) is 26.2 Å². The van der Waals surface area contributed by atoms with E-state index in [2.05, 4.69) is 0 Å². The van der Waals surface area contributed by atoms with Crippen molar-refractivity contribution in [1.82, 2.24) is 0 Å². The molecule has 15 heavy (non-hydrogen) atoms. The minimum absolute atomic E-state index is 0.262. The molecule has 5 nitrogen and oxygen atoms in total. The molecule has 0 rings (SSSR count). The van der Waals surface area contributed by atoms with Crippen molar-refractivity contribution in [3.05, 3.63) is 0 Å². The zero-order chi connectivity index (χ0) is 11.8. The Morgan fingerprint density at radius 3 is 2.47 bits per heavy atom. The smallest absolute Gasteiger partial charge is 0.320 e. The molecule has 0 aliphatic rings. The number of ketones is 1. The number of Topliss-reactive ketones (excluding diaryl/α,β-unsaturated/α-hetero) is 1. The molecule has 0 saturated heterocycles. The SMILES string of the molecule is CC(=O)C(O)SCCCCC(N)C(=O)O. The molecule has 0 bridgehead atoms. The highest BCUT2D eigenvalue weighted by Gasteiger charge is 2.11. The Bertz CT molecular complexity index is 200. The van der Waals surface area contributed by atoms with Gasteiger partial charge in [0.25, 0.3) is 0 Å². The molecular weight excluding hydrogens is 218 g/mol. The number of rotatable bonds is 8. The van der Waals surface area contributed by atoms with Crippen LogP contribution in [-0.4, -0.2) is 39.2 Å². The summed E-state index contributed by atoms with van der Waals surface area (Å²) < 4.78 is 0. The molecule has 2 unspecified atom stereocenters. The summed E-state index contributed by atoms with van der Waals surface area (Å²) in [5.74, 6) is -0.624. The van der Waals surface area contributed by atoms with Gasteiger partial charge < -0.3 is 15.9 Å². The van der Waals surface area contributed by atoms with Gasteiger partial charge in [0.1, 0.15) is 6.04 Å². The standard InChI is InChI=1S/C9H17NO4S/c1-6(11)9(14)15-5-3-2-4-7(10)8(12)13/h7,9,14H,2-5,10H2,1H3,(H,12,13). The lowest BCUT2D eigenvalue weighted by Crippen LogP contribution is -2.29. The van der Waals surface area contributed by atoms with Gasteiger partial charge in [0.05, 0.1) is 0 Å². The molecule has 88 valence electrons. The van der Waals surface area contributed by atoms with Gasteiger partial charge in [-0.25, -0.2) is 0 Å². The third-order valence-corrected chi connectivity index (χ3v) is 3.02. The van der Waals surface area contributed by atoms with E-state index in [4.69, 9.17) is 15.9 Å². The second kappa shape index (κ2) is 7.67. The Balaban J connectivity index is 3.40. The average Bonchev–Trinajstić information content (AvgIpc) is 2.16. The number of carbonyl (C=O) groups is 2. The molecule has 0 saturated carbocycles. The second-order valence-corrected chi connectivity index (χ2v) is 4.46. The fourth-order valence-corrected chi connectivity index (χ4v) is 1.73. The van der Waals surface area contributed by atoms with Crippen molar-refractivity contribution in [1.29, 1.82) is 0 Å². The quantitative estimate of drug-likeness (QED) is 0.411. The number of carboxylic acid groups (broad SMARTS) is 1. The first-order chi connectivity index (χ1) is 6.95. The Morgan fingerprint density at radius 2 is 2.00 bits per heavy atom. The molecule has 0 fully saturated rings. The number of aliphatic carboxylic acids is 1. The number of thioether (sulfide) groups is 1. The van der Waals surface area contributed by atoms with E-state index in [0.29, 0.717) is 18.6 Å². The van der Waals surface area contributed by atoms with E-state index < -0.39 is 17.4 Å². The van der Waals surface area contributed by atoms with Crippen molar-refractivity contribution in [2.75, 3.05) is 5.75 Å². The van der Waals surface area contributed by atoms with Crippen LogP contribution in [0.5, 0.6) is 0 Å². The highest BCUT2D eigenvalue weighted by molar-refractivity contribution is 8.00. The van der Waals surface area contributed by atoms with Gasteiger partial charge in [0.15, 0.2) is 11.2 Å². The Hall–Kier alpha value is -0.590. The average molecular weight is 235 g/mol. The largest absolute Gasteiger partial charge is 0.480 e. The zero-order valence-electron chi connectivity index (χ0n) is 8.68. The molecule has 0 spiro atoms. The number of aliphatic hydroxyl groups is 1. The first-order valence-corrected chi connectivity index (χ1v) is 5.78. The number of unbranched alkanes of at least 4 members (excludes halogenated alkanes) is 1. The van der Waals surface area contributed by atoms with Crippen molar-refractivity contribution < 1.29 is 19.8 Å². The Labute approximate surface area is 93.0 Å². The number of carboxylic acids is 1. The molecule has 0 aliphatic carbocycles. The fraction of sp³-hybridized carbons (Fsp3) is 0.778. The second-order valence-electron chi connectivity index (χ2n) is 3.27. The van der Waals surface area contributed by atoms with Crippen LogP contribution >= 0.6 is 11.8 Å². The summed E-state index contributed by atoms with van der Waals surface area (Å²) in [4.78, 5) is 21.0. The lowest BCUT2D eigenvalue weighted by molar-refractivity contribution is -0.138. The van der Waals surface area contributed by atoms with E-state index in [1.165, 1.54) is 6.92 Å². The van der Waals surface area contributed by atoms with Crippen LogP contribution in [0.2, 0.25) is 0 Å². The molecular formula is C9H17NO4S. The van der Waals surface area contributed by atoms with Crippen LogP contribution < -0.4 is 5.73 Å². The first-order valence-electron chi connectivity index (χ1n) is 4.73. The number of aliphatic hydroxyl groups excluding tert-OH is 1. The minimum Gasteiger partial charge on any atom is -0.480 e. The summed E-state index contributed by atoms with van der Waals surface area (Å²) in [6.07, 6.45) is 1.85.